The maximum absolute atomic E-state index is 13.1. The molecule has 0 spiro atoms. The van der Waals surface area contributed by atoms with Crippen LogP contribution in [0.1, 0.15) is 18.4 Å². The molecule has 0 aromatic heterocycles. The van der Waals surface area contributed by atoms with Gasteiger partial charge in [0.2, 0.25) is 15.9 Å². The molecule has 2 aromatic rings. The Bertz CT molecular complexity index is 919. The lowest BCUT2D eigenvalue weighted by atomic mass is 10.1. The molecule has 3 rings (SSSR count). The quantitative estimate of drug-likeness (QED) is 0.796. The smallest absolute Gasteiger partial charge is 0.243 e. The molecule has 1 amide bonds. The third kappa shape index (κ3) is 4.66. The van der Waals surface area contributed by atoms with E-state index in [4.69, 9.17) is 11.6 Å². The van der Waals surface area contributed by atoms with E-state index in [0.717, 1.165) is 17.7 Å². The predicted molar refractivity (Wildman–Crippen MR) is 101 cm³/mol. The van der Waals surface area contributed by atoms with Gasteiger partial charge in [-0.2, -0.15) is 4.31 Å². The van der Waals surface area contributed by atoms with E-state index in [2.05, 4.69) is 5.32 Å². The van der Waals surface area contributed by atoms with Crippen molar-refractivity contribution in [2.24, 2.45) is 0 Å². The van der Waals surface area contributed by atoms with Crippen molar-refractivity contribution < 1.29 is 17.6 Å². The van der Waals surface area contributed by atoms with Crippen LogP contribution >= 0.6 is 11.6 Å². The minimum atomic E-state index is -3.84. The Kier molecular flexibility index (Phi) is 6.14. The van der Waals surface area contributed by atoms with Gasteiger partial charge < -0.3 is 5.32 Å². The van der Waals surface area contributed by atoms with Gasteiger partial charge >= 0.3 is 0 Å². The molecule has 0 bridgehead atoms. The summed E-state index contributed by atoms with van der Waals surface area (Å²) in [6.07, 6.45) is 1.67. The average Bonchev–Trinajstić information content (AvgIpc) is 3.13. The van der Waals surface area contributed by atoms with Crippen LogP contribution in [0.25, 0.3) is 0 Å². The number of carbonyl (C=O) groups excluding carboxylic acids is 1. The van der Waals surface area contributed by atoms with Crippen molar-refractivity contribution in [1.82, 2.24) is 9.62 Å². The first-order chi connectivity index (χ1) is 12.9. The molecule has 1 saturated heterocycles. The zero-order valence-electron chi connectivity index (χ0n) is 14.6. The Hall–Kier alpha value is -1.96. The third-order valence-corrected chi connectivity index (χ3v) is 6.69. The van der Waals surface area contributed by atoms with E-state index in [1.165, 1.54) is 16.4 Å². The van der Waals surface area contributed by atoms with Crippen molar-refractivity contribution in [3.63, 3.8) is 0 Å². The van der Waals surface area contributed by atoms with Gasteiger partial charge in [0.05, 0.1) is 4.90 Å². The fraction of sp³-hybridized carbons (Fsp3) is 0.316. The van der Waals surface area contributed by atoms with Crippen LogP contribution in [0.4, 0.5) is 4.39 Å². The Morgan fingerprint density at radius 2 is 1.96 bits per heavy atom. The van der Waals surface area contributed by atoms with E-state index in [9.17, 15) is 17.6 Å². The molecule has 1 atom stereocenters. The first-order valence-corrected chi connectivity index (χ1v) is 10.5. The highest BCUT2D eigenvalue weighted by Gasteiger charge is 2.39. The van der Waals surface area contributed by atoms with Crippen LogP contribution in [-0.4, -0.2) is 37.8 Å². The molecular weight excluding hydrogens is 391 g/mol. The van der Waals surface area contributed by atoms with E-state index in [0.29, 0.717) is 30.8 Å². The summed E-state index contributed by atoms with van der Waals surface area (Å²) in [6.45, 7) is 0.659. The highest BCUT2D eigenvalue weighted by molar-refractivity contribution is 7.89. The van der Waals surface area contributed by atoms with Gasteiger partial charge in [-0.05, 0) is 61.2 Å². The zero-order chi connectivity index (χ0) is 19.4. The summed E-state index contributed by atoms with van der Waals surface area (Å²) in [5.41, 5.74) is 0.991. The van der Waals surface area contributed by atoms with E-state index in [-0.39, 0.29) is 17.3 Å². The Morgan fingerprint density at radius 3 is 2.67 bits per heavy atom. The topological polar surface area (TPSA) is 66.5 Å². The molecule has 1 fully saturated rings. The second-order valence-electron chi connectivity index (χ2n) is 6.40. The Labute approximate surface area is 163 Å². The minimum Gasteiger partial charge on any atom is -0.354 e. The normalized spacial score (nSPS) is 17.8. The van der Waals surface area contributed by atoms with Gasteiger partial charge in [-0.25, -0.2) is 12.8 Å². The van der Waals surface area contributed by atoms with Crippen LogP contribution in [0.3, 0.4) is 0 Å². The molecule has 1 aliphatic rings. The molecule has 27 heavy (non-hydrogen) atoms. The van der Waals surface area contributed by atoms with Crippen LogP contribution in [0, 0.1) is 5.82 Å². The fourth-order valence-corrected chi connectivity index (χ4v) is 5.04. The molecule has 1 N–H and O–H groups in total. The molecule has 1 heterocycles. The zero-order valence-corrected chi connectivity index (χ0v) is 16.1. The number of amides is 1. The van der Waals surface area contributed by atoms with Gasteiger partial charge in [-0.3, -0.25) is 4.79 Å². The van der Waals surface area contributed by atoms with Gasteiger partial charge in [0.15, 0.2) is 0 Å². The molecule has 0 radical (unpaired) electrons. The largest absolute Gasteiger partial charge is 0.354 e. The summed E-state index contributed by atoms with van der Waals surface area (Å²) in [5.74, 6) is -0.828. The third-order valence-electron chi connectivity index (χ3n) is 4.53. The molecule has 0 aliphatic carbocycles. The standard InChI is InChI=1S/C19H20ClFN2O3S/c20-15-4-1-3-14(13-15)10-11-22-19(24)18-5-2-12-23(18)27(25,26)17-8-6-16(21)7-9-17/h1,3-4,6-9,13,18H,2,5,10-12H2,(H,22,24)/t18-/m0/s1. The molecule has 1 aliphatic heterocycles. The van der Waals surface area contributed by atoms with Gasteiger partial charge in [-0.1, -0.05) is 23.7 Å². The van der Waals surface area contributed by atoms with Gasteiger partial charge in [0.25, 0.3) is 0 Å². The number of halogens is 2. The maximum atomic E-state index is 13.1. The number of sulfonamides is 1. The summed E-state index contributed by atoms with van der Waals surface area (Å²) < 4.78 is 39.9. The van der Waals surface area contributed by atoms with Gasteiger partial charge in [-0.15, -0.1) is 0 Å². The van der Waals surface area contributed by atoms with Crippen LogP contribution in [0.5, 0.6) is 0 Å². The minimum absolute atomic E-state index is 0.0115. The number of rotatable bonds is 6. The summed E-state index contributed by atoms with van der Waals surface area (Å²) in [6, 6.07) is 11.3. The van der Waals surface area contributed by atoms with Crippen molar-refractivity contribution in [3.05, 3.63) is 64.9 Å². The number of hydrogen-bond donors (Lipinski definition) is 1. The lowest BCUT2D eigenvalue weighted by Gasteiger charge is -2.23. The van der Waals surface area contributed by atoms with Crippen LogP contribution < -0.4 is 5.32 Å². The first kappa shape index (κ1) is 19.8. The summed E-state index contributed by atoms with van der Waals surface area (Å²) in [4.78, 5) is 12.5. The van der Waals surface area contributed by atoms with Crippen molar-refractivity contribution in [3.8, 4) is 0 Å². The second-order valence-corrected chi connectivity index (χ2v) is 8.73. The molecule has 0 saturated carbocycles. The molecule has 0 unspecified atom stereocenters. The number of carbonyl (C=O) groups is 1. The summed E-state index contributed by atoms with van der Waals surface area (Å²) in [5, 5.41) is 3.44. The van der Waals surface area contributed by atoms with Crippen molar-refractivity contribution in [1.29, 1.82) is 0 Å². The Balaban J connectivity index is 1.64. The van der Waals surface area contributed by atoms with Gasteiger partial charge in [0.1, 0.15) is 11.9 Å². The Morgan fingerprint density at radius 1 is 1.22 bits per heavy atom. The fourth-order valence-electron chi connectivity index (χ4n) is 3.17. The van der Waals surface area contributed by atoms with E-state index in [1.807, 2.05) is 18.2 Å². The number of hydrogen-bond acceptors (Lipinski definition) is 3. The van der Waals surface area contributed by atoms with E-state index < -0.39 is 21.9 Å². The van der Waals surface area contributed by atoms with Crippen LogP contribution in [0.2, 0.25) is 5.02 Å². The molecule has 144 valence electrons. The molecule has 8 heteroatoms. The van der Waals surface area contributed by atoms with Crippen LogP contribution in [-0.2, 0) is 21.2 Å². The van der Waals surface area contributed by atoms with Crippen molar-refractivity contribution >= 4 is 27.5 Å². The first-order valence-electron chi connectivity index (χ1n) is 8.67. The lowest BCUT2D eigenvalue weighted by molar-refractivity contribution is -0.124. The SMILES string of the molecule is O=C(NCCc1cccc(Cl)c1)[C@@H]1CCCN1S(=O)(=O)c1ccc(F)cc1. The van der Waals surface area contributed by atoms with Crippen molar-refractivity contribution in [2.45, 2.75) is 30.2 Å². The second kappa shape index (κ2) is 8.37. The monoisotopic (exact) mass is 410 g/mol. The number of nitrogens with zero attached hydrogens (tertiary/aromatic N) is 1. The average molecular weight is 411 g/mol. The highest BCUT2D eigenvalue weighted by atomic mass is 35.5. The molecule has 5 nitrogen and oxygen atoms in total. The summed E-state index contributed by atoms with van der Waals surface area (Å²) in [7, 11) is -3.84. The van der Waals surface area contributed by atoms with E-state index >= 15 is 0 Å². The number of benzene rings is 2. The molecule has 2 aromatic carbocycles. The summed E-state index contributed by atoms with van der Waals surface area (Å²) >= 11 is 5.94. The highest BCUT2D eigenvalue weighted by Crippen LogP contribution is 2.26. The van der Waals surface area contributed by atoms with Gasteiger partial charge in [0, 0.05) is 18.1 Å². The number of nitrogens with one attached hydrogen (secondary N) is 1. The maximum Gasteiger partial charge on any atom is 0.243 e. The van der Waals surface area contributed by atoms with E-state index in [1.54, 1.807) is 6.07 Å². The van der Waals surface area contributed by atoms with Crippen LogP contribution in [0.15, 0.2) is 53.4 Å². The van der Waals surface area contributed by atoms with Crippen molar-refractivity contribution in [2.75, 3.05) is 13.1 Å². The predicted octanol–water partition coefficient (Wildman–Crippen LogP) is 2.99. The molecular formula is C19H20ClFN2O3S. The lowest BCUT2D eigenvalue weighted by Crippen LogP contribution is -2.46.